The van der Waals surface area contributed by atoms with Crippen LogP contribution in [-0.2, 0) is 11.3 Å². The van der Waals surface area contributed by atoms with Crippen molar-refractivity contribution in [1.82, 2.24) is 0 Å². The van der Waals surface area contributed by atoms with Crippen molar-refractivity contribution in [3.05, 3.63) is 102 Å². The van der Waals surface area contributed by atoms with E-state index < -0.39 is 0 Å². The Morgan fingerprint density at radius 2 is 1.54 bits per heavy atom. The zero-order valence-corrected chi connectivity index (χ0v) is 16.1. The maximum atomic E-state index is 13.0. The van der Waals surface area contributed by atoms with Gasteiger partial charge >= 0.3 is 0 Å². The Morgan fingerprint density at radius 3 is 2.25 bits per heavy atom. The number of amides is 1. The molecule has 0 heterocycles. The molecule has 1 amide bonds. The number of hydrogen-bond donors (Lipinski definition) is 0. The van der Waals surface area contributed by atoms with E-state index in [1.165, 1.54) is 0 Å². The lowest BCUT2D eigenvalue weighted by Crippen LogP contribution is -2.28. The average molecular weight is 371 g/mol. The fourth-order valence-corrected chi connectivity index (χ4v) is 2.88. The second kappa shape index (κ2) is 10.1. The zero-order chi connectivity index (χ0) is 19.6. The van der Waals surface area contributed by atoms with Gasteiger partial charge in [0, 0.05) is 17.3 Å². The number of carbonyl (C=O) groups excluding carboxylic acids is 1. The number of hydrogen-bond acceptors (Lipinski definition) is 2. The highest BCUT2D eigenvalue weighted by Gasteiger charge is 2.14. The Bertz CT molecular complexity index is 904. The molecule has 0 spiro atoms. The van der Waals surface area contributed by atoms with Crippen LogP contribution in [0.25, 0.3) is 6.08 Å². The summed E-state index contributed by atoms with van der Waals surface area (Å²) in [5.74, 6) is 0.725. The maximum absolute atomic E-state index is 13.0. The second-order valence-corrected chi connectivity index (χ2v) is 6.47. The van der Waals surface area contributed by atoms with Crippen molar-refractivity contribution < 1.29 is 9.53 Å². The number of para-hydroxylation sites is 2. The van der Waals surface area contributed by atoms with Crippen molar-refractivity contribution in [2.24, 2.45) is 0 Å². The standard InChI is InChI=1S/C25H25NO2/c1-2-19-28-24-16-10-9-13-22(24)17-18-25(27)26(23-14-7-4-8-15-23)20-21-11-5-3-6-12-21/h3-18H,2,19-20H2,1H3/b18-17+. The lowest BCUT2D eigenvalue weighted by atomic mass is 10.1. The molecule has 0 aromatic heterocycles. The number of benzene rings is 3. The Labute approximate surface area is 166 Å². The molecule has 0 N–H and O–H groups in total. The molecule has 0 bridgehead atoms. The van der Waals surface area contributed by atoms with E-state index in [0.717, 1.165) is 29.0 Å². The molecule has 3 aromatic carbocycles. The van der Waals surface area contributed by atoms with Crippen LogP contribution in [0.15, 0.2) is 91.0 Å². The van der Waals surface area contributed by atoms with Crippen LogP contribution in [-0.4, -0.2) is 12.5 Å². The van der Waals surface area contributed by atoms with Crippen molar-refractivity contribution in [2.45, 2.75) is 19.9 Å². The smallest absolute Gasteiger partial charge is 0.251 e. The monoisotopic (exact) mass is 371 g/mol. The molecule has 142 valence electrons. The Kier molecular flexibility index (Phi) is 7.02. The molecule has 3 heteroatoms. The van der Waals surface area contributed by atoms with E-state index in [4.69, 9.17) is 4.74 Å². The molecule has 0 saturated carbocycles. The molecule has 0 atom stereocenters. The van der Waals surface area contributed by atoms with Crippen LogP contribution in [0.3, 0.4) is 0 Å². The minimum absolute atomic E-state index is 0.0691. The molecule has 28 heavy (non-hydrogen) atoms. The first-order valence-corrected chi connectivity index (χ1v) is 9.58. The SMILES string of the molecule is CCCOc1ccccc1/C=C/C(=O)N(Cc1ccccc1)c1ccccc1. The van der Waals surface area contributed by atoms with Crippen LogP contribution in [0, 0.1) is 0 Å². The van der Waals surface area contributed by atoms with Gasteiger partial charge in [0.2, 0.25) is 0 Å². The molecule has 0 saturated heterocycles. The third-order valence-electron chi connectivity index (χ3n) is 4.30. The molecule has 0 fully saturated rings. The largest absolute Gasteiger partial charge is 0.493 e. The van der Waals surface area contributed by atoms with Gasteiger partial charge in [-0.25, -0.2) is 0 Å². The quantitative estimate of drug-likeness (QED) is 0.474. The first-order valence-electron chi connectivity index (χ1n) is 9.58. The number of nitrogens with zero attached hydrogens (tertiary/aromatic N) is 1. The topological polar surface area (TPSA) is 29.5 Å². The van der Waals surface area contributed by atoms with Gasteiger partial charge in [0.1, 0.15) is 5.75 Å². The van der Waals surface area contributed by atoms with Crippen molar-refractivity contribution in [1.29, 1.82) is 0 Å². The maximum Gasteiger partial charge on any atom is 0.251 e. The minimum Gasteiger partial charge on any atom is -0.493 e. The highest BCUT2D eigenvalue weighted by molar-refractivity contribution is 6.03. The molecular weight excluding hydrogens is 346 g/mol. The molecule has 0 aliphatic heterocycles. The highest BCUT2D eigenvalue weighted by atomic mass is 16.5. The van der Waals surface area contributed by atoms with Crippen LogP contribution < -0.4 is 9.64 Å². The second-order valence-electron chi connectivity index (χ2n) is 6.47. The third kappa shape index (κ3) is 5.34. The van der Waals surface area contributed by atoms with E-state index in [-0.39, 0.29) is 5.91 Å². The predicted octanol–water partition coefficient (Wildman–Crippen LogP) is 5.72. The summed E-state index contributed by atoms with van der Waals surface area (Å²) in [6.07, 6.45) is 4.38. The van der Waals surface area contributed by atoms with Gasteiger partial charge in [-0.2, -0.15) is 0 Å². The molecule has 0 radical (unpaired) electrons. The predicted molar refractivity (Wildman–Crippen MR) is 115 cm³/mol. The average Bonchev–Trinajstić information content (AvgIpc) is 2.76. The fourth-order valence-electron chi connectivity index (χ4n) is 2.88. The highest BCUT2D eigenvalue weighted by Crippen LogP contribution is 2.21. The van der Waals surface area contributed by atoms with Crippen LogP contribution in [0.5, 0.6) is 5.75 Å². The van der Waals surface area contributed by atoms with Gasteiger partial charge in [-0.15, -0.1) is 0 Å². The van der Waals surface area contributed by atoms with Crippen LogP contribution in [0.1, 0.15) is 24.5 Å². The molecular formula is C25H25NO2. The van der Waals surface area contributed by atoms with E-state index in [2.05, 4.69) is 6.92 Å². The summed E-state index contributed by atoms with van der Waals surface area (Å²) in [7, 11) is 0. The normalized spacial score (nSPS) is 10.8. The summed E-state index contributed by atoms with van der Waals surface area (Å²) in [6, 6.07) is 27.5. The molecule has 3 rings (SSSR count). The van der Waals surface area contributed by atoms with Gasteiger partial charge in [-0.3, -0.25) is 4.79 Å². The summed E-state index contributed by atoms with van der Waals surface area (Å²) in [4.78, 5) is 14.8. The lowest BCUT2D eigenvalue weighted by Gasteiger charge is -2.21. The first kappa shape index (κ1) is 19.4. The Balaban J connectivity index is 1.83. The van der Waals surface area contributed by atoms with E-state index in [0.29, 0.717) is 13.2 Å². The summed E-state index contributed by atoms with van der Waals surface area (Å²) >= 11 is 0. The Hall–Kier alpha value is -3.33. The minimum atomic E-state index is -0.0691. The summed E-state index contributed by atoms with van der Waals surface area (Å²) < 4.78 is 5.78. The van der Waals surface area contributed by atoms with Gasteiger partial charge in [-0.1, -0.05) is 73.7 Å². The van der Waals surface area contributed by atoms with E-state index in [9.17, 15) is 4.79 Å². The molecule has 0 unspecified atom stereocenters. The summed E-state index contributed by atoms with van der Waals surface area (Å²) in [5.41, 5.74) is 2.85. The third-order valence-corrected chi connectivity index (χ3v) is 4.30. The molecule has 3 nitrogen and oxygen atoms in total. The fraction of sp³-hybridized carbons (Fsp3) is 0.160. The Morgan fingerprint density at radius 1 is 0.893 bits per heavy atom. The van der Waals surface area contributed by atoms with Crippen LogP contribution in [0.4, 0.5) is 5.69 Å². The molecule has 0 aliphatic carbocycles. The van der Waals surface area contributed by atoms with E-state index in [1.807, 2.05) is 91.0 Å². The van der Waals surface area contributed by atoms with Gasteiger partial charge in [0.05, 0.1) is 13.2 Å². The van der Waals surface area contributed by atoms with Gasteiger partial charge < -0.3 is 9.64 Å². The van der Waals surface area contributed by atoms with E-state index >= 15 is 0 Å². The van der Waals surface area contributed by atoms with Crippen molar-refractivity contribution in [3.8, 4) is 5.75 Å². The van der Waals surface area contributed by atoms with Crippen molar-refractivity contribution >= 4 is 17.7 Å². The molecule has 3 aromatic rings. The van der Waals surface area contributed by atoms with Gasteiger partial charge in [-0.05, 0) is 36.3 Å². The van der Waals surface area contributed by atoms with Crippen molar-refractivity contribution in [3.63, 3.8) is 0 Å². The van der Waals surface area contributed by atoms with Crippen molar-refractivity contribution in [2.75, 3.05) is 11.5 Å². The zero-order valence-electron chi connectivity index (χ0n) is 16.1. The van der Waals surface area contributed by atoms with Crippen LogP contribution in [0.2, 0.25) is 0 Å². The number of anilines is 1. The lowest BCUT2D eigenvalue weighted by molar-refractivity contribution is -0.114. The van der Waals surface area contributed by atoms with E-state index in [1.54, 1.807) is 11.0 Å². The number of carbonyl (C=O) groups is 1. The number of ether oxygens (including phenoxy) is 1. The summed E-state index contributed by atoms with van der Waals surface area (Å²) in [6.45, 7) is 3.24. The number of rotatable bonds is 8. The summed E-state index contributed by atoms with van der Waals surface area (Å²) in [5, 5.41) is 0. The van der Waals surface area contributed by atoms with Crippen LogP contribution >= 0.6 is 0 Å². The first-order chi connectivity index (χ1) is 13.8. The van der Waals surface area contributed by atoms with Gasteiger partial charge in [0.15, 0.2) is 0 Å². The molecule has 0 aliphatic rings. The van der Waals surface area contributed by atoms with Gasteiger partial charge in [0.25, 0.3) is 5.91 Å².